The lowest BCUT2D eigenvalue weighted by Crippen LogP contribution is -2.47. The molecular formula is C17H29N3O. The number of carbonyl (C=O) groups excluding carboxylic acids is 1. The van der Waals surface area contributed by atoms with Gasteiger partial charge in [0.1, 0.15) is 0 Å². The van der Waals surface area contributed by atoms with E-state index in [-0.39, 0.29) is 11.8 Å². The van der Waals surface area contributed by atoms with Gasteiger partial charge in [-0.2, -0.15) is 5.26 Å². The van der Waals surface area contributed by atoms with Crippen molar-refractivity contribution in [3.05, 3.63) is 0 Å². The van der Waals surface area contributed by atoms with Crippen molar-refractivity contribution < 1.29 is 4.79 Å². The van der Waals surface area contributed by atoms with E-state index >= 15 is 0 Å². The normalized spacial score (nSPS) is 25.1. The molecule has 1 heterocycles. The fourth-order valence-corrected chi connectivity index (χ4v) is 4.18. The summed E-state index contributed by atoms with van der Waals surface area (Å²) >= 11 is 0. The summed E-state index contributed by atoms with van der Waals surface area (Å²) in [6.07, 6.45) is 8.65. The summed E-state index contributed by atoms with van der Waals surface area (Å²) in [5.41, 5.74) is 5.19. The zero-order chi connectivity index (χ0) is 15.3. The highest BCUT2D eigenvalue weighted by Gasteiger charge is 2.45. The smallest absolute Gasteiger partial charge is 0.222 e. The third-order valence-corrected chi connectivity index (χ3v) is 5.72. The molecular weight excluding hydrogens is 262 g/mol. The van der Waals surface area contributed by atoms with Crippen molar-refractivity contribution in [2.45, 2.75) is 58.3 Å². The molecule has 0 aromatic rings. The zero-order valence-corrected chi connectivity index (χ0v) is 13.3. The van der Waals surface area contributed by atoms with E-state index in [4.69, 9.17) is 5.73 Å². The molecule has 4 heteroatoms. The SMILES string of the molecule is CCN1CCC(C#N)(C(CC2CCCCC2)C(N)=O)CC1. The Balaban J connectivity index is 2.07. The lowest BCUT2D eigenvalue weighted by atomic mass is 9.65. The third kappa shape index (κ3) is 3.77. The van der Waals surface area contributed by atoms with Gasteiger partial charge < -0.3 is 10.6 Å². The molecule has 1 unspecified atom stereocenters. The van der Waals surface area contributed by atoms with Crippen molar-refractivity contribution in [2.24, 2.45) is 23.0 Å². The first kappa shape index (κ1) is 16.3. The predicted molar refractivity (Wildman–Crippen MR) is 83.3 cm³/mol. The van der Waals surface area contributed by atoms with E-state index in [1.54, 1.807) is 0 Å². The summed E-state index contributed by atoms with van der Waals surface area (Å²) in [6.45, 7) is 5.00. The highest BCUT2D eigenvalue weighted by Crippen LogP contribution is 2.43. The van der Waals surface area contributed by atoms with Crippen LogP contribution in [0.4, 0.5) is 0 Å². The molecule has 0 aromatic carbocycles. The maximum Gasteiger partial charge on any atom is 0.222 e. The molecule has 1 aliphatic heterocycles. The fraction of sp³-hybridized carbons (Fsp3) is 0.882. The molecule has 2 fully saturated rings. The summed E-state index contributed by atoms with van der Waals surface area (Å²) in [5.74, 6) is 0.0716. The Labute approximate surface area is 128 Å². The number of nitrogens with two attached hydrogens (primary N) is 1. The minimum atomic E-state index is -0.519. The summed E-state index contributed by atoms with van der Waals surface area (Å²) < 4.78 is 0. The van der Waals surface area contributed by atoms with Gasteiger partial charge in [-0.3, -0.25) is 4.79 Å². The van der Waals surface area contributed by atoms with E-state index in [1.165, 1.54) is 32.1 Å². The standard InChI is InChI=1S/C17H29N3O/c1-2-20-10-8-17(13-18,9-11-20)15(16(19)21)12-14-6-4-3-5-7-14/h14-15H,2-12H2,1H3,(H2,19,21). The molecule has 2 rings (SSSR count). The average Bonchev–Trinajstić information content (AvgIpc) is 2.53. The van der Waals surface area contributed by atoms with Gasteiger partial charge in [0.05, 0.1) is 17.4 Å². The lowest BCUT2D eigenvalue weighted by Gasteiger charge is -2.42. The summed E-state index contributed by atoms with van der Waals surface area (Å²) in [6, 6.07) is 2.51. The molecule has 2 aliphatic rings. The Morgan fingerprint density at radius 2 is 1.95 bits per heavy atom. The Morgan fingerprint density at radius 1 is 1.33 bits per heavy atom. The minimum Gasteiger partial charge on any atom is -0.369 e. The lowest BCUT2D eigenvalue weighted by molar-refractivity contribution is -0.126. The number of likely N-dealkylation sites (tertiary alicyclic amines) is 1. The van der Waals surface area contributed by atoms with Crippen LogP contribution < -0.4 is 5.73 Å². The molecule has 1 atom stereocenters. The molecule has 1 aliphatic carbocycles. The number of primary amides is 1. The number of piperidine rings is 1. The number of amides is 1. The molecule has 118 valence electrons. The molecule has 21 heavy (non-hydrogen) atoms. The summed E-state index contributed by atoms with van der Waals surface area (Å²) in [4.78, 5) is 14.4. The van der Waals surface area contributed by atoms with Gasteiger partial charge in [0.15, 0.2) is 0 Å². The minimum absolute atomic E-state index is 0.257. The molecule has 2 N–H and O–H groups in total. The first-order valence-electron chi connectivity index (χ1n) is 8.54. The fourth-order valence-electron chi connectivity index (χ4n) is 4.18. The Kier molecular flexibility index (Phi) is 5.64. The molecule has 0 bridgehead atoms. The van der Waals surface area contributed by atoms with Crippen molar-refractivity contribution in [2.75, 3.05) is 19.6 Å². The highest BCUT2D eigenvalue weighted by molar-refractivity contribution is 5.78. The van der Waals surface area contributed by atoms with Gasteiger partial charge in [-0.05, 0) is 44.8 Å². The second kappa shape index (κ2) is 7.26. The topological polar surface area (TPSA) is 70.1 Å². The maximum absolute atomic E-state index is 12.0. The van der Waals surface area contributed by atoms with Gasteiger partial charge in [-0.1, -0.05) is 39.0 Å². The van der Waals surface area contributed by atoms with Crippen molar-refractivity contribution in [3.63, 3.8) is 0 Å². The maximum atomic E-state index is 12.0. The van der Waals surface area contributed by atoms with Gasteiger partial charge in [0, 0.05) is 0 Å². The van der Waals surface area contributed by atoms with Crippen LogP contribution in [0.2, 0.25) is 0 Å². The molecule has 1 amide bonds. The van der Waals surface area contributed by atoms with Crippen LogP contribution >= 0.6 is 0 Å². The van der Waals surface area contributed by atoms with Crippen molar-refractivity contribution >= 4 is 5.91 Å². The van der Waals surface area contributed by atoms with Crippen molar-refractivity contribution in [3.8, 4) is 6.07 Å². The van der Waals surface area contributed by atoms with Crippen LogP contribution in [0.5, 0.6) is 0 Å². The highest BCUT2D eigenvalue weighted by atomic mass is 16.1. The van der Waals surface area contributed by atoms with Gasteiger partial charge in [0.25, 0.3) is 0 Å². The number of carbonyl (C=O) groups is 1. The second-order valence-corrected chi connectivity index (χ2v) is 6.90. The van der Waals surface area contributed by atoms with Crippen LogP contribution in [-0.4, -0.2) is 30.4 Å². The van der Waals surface area contributed by atoms with Gasteiger partial charge >= 0.3 is 0 Å². The number of nitrogens with zero attached hydrogens (tertiary/aromatic N) is 2. The predicted octanol–water partition coefficient (Wildman–Crippen LogP) is 2.68. The van der Waals surface area contributed by atoms with E-state index in [9.17, 15) is 10.1 Å². The van der Waals surface area contributed by atoms with Crippen molar-refractivity contribution in [1.82, 2.24) is 4.90 Å². The first-order chi connectivity index (χ1) is 10.1. The number of rotatable bonds is 5. The van der Waals surface area contributed by atoms with Crippen molar-refractivity contribution in [1.29, 1.82) is 5.26 Å². The Morgan fingerprint density at radius 3 is 2.43 bits per heavy atom. The monoisotopic (exact) mass is 291 g/mol. The van der Waals surface area contributed by atoms with E-state index in [1.807, 2.05) is 0 Å². The average molecular weight is 291 g/mol. The van der Waals surface area contributed by atoms with Crippen LogP contribution in [0.15, 0.2) is 0 Å². The molecule has 0 spiro atoms. The second-order valence-electron chi connectivity index (χ2n) is 6.90. The van der Waals surface area contributed by atoms with Gasteiger partial charge in [-0.15, -0.1) is 0 Å². The number of hydrogen-bond donors (Lipinski definition) is 1. The van der Waals surface area contributed by atoms with Gasteiger partial charge in [0.2, 0.25) is 5.91 Å². The van der Waals surface area contributed by atoms with E-state index < -0.39 is 5.41 Å². The molecule has 0 aromatic heterocycles. The van der Waals surface area contributed by atoms with Crippen LogP contribution in [0.3, 0.4) is 0 Å². The van der Waals surface area contributed by atoms with Crippen LogP contribution in [0.25, 0.3) is 0 Å². The first-order valence-corrected chi connectivity index (χ1v) is 8.54. The van der Waals surface area contributed by atoms with E-state index in [0.29, 0.717) is 5.92 Å². The van der Waals surface area contributed by atoms with Crippen LogP contribution in [-0.2, 0) is 4.79 Å². The Hall–Kier alpha value is -1.08. The largest absolute Gasteiger partial charge is 0.369 e. The summed E-state index contributed by atoms with van der Waals surface area (Å²) in [5, 5.41) is 9.77. The molecule has 1 saturated heterocycles. The number of hydrogen-bond acceptors (Lipinski definition) is 3. The van der Waals surface area contributed by atoms with E-state index in [0.717, 1.165) is 38.9 Å². The Bertz CT molecular complexity index is 387. The summed E-state index contributed by atoms with van der Waals surface area (Å²) in [7, 11) is 0. The molecule has 1 saturated carbocycles. The van der Waals surface area contributed by atoms with Crippen LogP contribution in [0.1, 0.15) is 58.3 Å². The third-order valence-electron chi connectivity index (χ3n) is 5.72. The van der Waals surface area contributed by atoms with Gasteiger partial charge in [-0.25, -0.2) is 0 Å². The number of nitriles is 1. The van der Waals surface area contributed by atoms with Crippen LogP contribution in [0, 0.1) is 28.6 Å². The van der Waals surface area contributed by atoms with E-state index in [2.05, 4.69) is 17.9 Å². The molecule has 0 radical (unpaired) electrons. The molecule has 4 nitrogen and oxygen atoms in total. The zero-order valence-electron chi connectivity index (χ0n) is 13.3. The quantitative estimate of drug-likeness (QED) is 0.846.